The van der Waals surface area contributed by atoms with Crippen molar-refractivity contribution in [2.24, 2.45) is 0 Å². The van der Waals surface area contributed by atoms with E-state index in [9.17, 15) is 9.90 Å². The van der Waals surface area contributed by atoms with Gasteiger partial charge in [-0.05, 0) is 75.3 Å². The lowest BCUT2D eigenvalue weighted by atomic mass is 9.97. The number of aromatic hydroxyl groups is 1. The molecule has 4 heterocycles. The lowest BCUT2D eigenvalue weighted by molar-refractivity contribution is -0.145. The smallest absolute Gasteiger partial charge is 0.240 e. The number of carbonyl (C=O) groups is 1. The van der Waals surface area contributed by atoms with E-state index >= 15 is 0 Å². The first-order valence-corrected chi connectivity index (χ1v) is 13.8. The van der Waals surface area contributed by atoms with E-state index in [-0.39, 0.29) is 29.2 Å². The second-order valence-corrected chi connectivity index (χ2v) is 11.4. The van der Waals surface area contributed by atoms with Crippen LogP contribution in [0.2, 0.25) is 0 Å². The summed E-state index contributed by atoms with van der Waals surface area (Å²) in [7, 11) is 4.14. The highest BCUT2D eigenvalue weighted by Gasteiger charge is 2.41. The number of nitrogens with one attached hydrogen (secondary N) is 2. The van der Waals surface area contributed by atoms with Crippen LogP contribution in [0.5, 0.6) is 5.75 Å². The number of likely N-dealkylation sites (tertiary alicyclic amines) is 1. The molecule has 4 aromatic rings. The lowest BCUT2D eigenvalue weighted by Crippen LogP contribution is -2.64. The van der Waals surface area contributed by atoms with Crippen LogP contribution in [0.4, 0.5) is 0 Å². The average molecular weight is 546 g/mol. The molecule has 0 spiro atoms. The molecule has 0 bridgehead atoms. The Morgan fingerprint density at radius 1 is 1.18 bits per heavy atom. The molecule has 10 heteroatoms. The topological polar surface area (TPSA) is 136 Å². The molecular formula is C30H39N7O3. The van der Waals surface area contributed by atoms with Crippen molar-refractivity contribution in [3.63, 3.8) is 0 Å². The van der Waals surface area contributed by atoms with Crippen molar-refractivity contribution in [3.05, 3.63) is 53.3 Å². The number of aromatic amines is 2. The maximum absolute atomic E-state index is 13.5. The van der Waals surface area contributed by atoms with Crippen LogP contribution in [-0.2, 0) is 24.2 Å². The molecule has 1 saturated heterocycles. The van der Waals surface area contributed by atoms with Gasteiger partial charge in [-0.3, -0.25) is 14.8 Å². The van der Waals surface area contributed by atoms with Gasteiger partial charge in [-0.25, -0.2) is 4.98 Å². The Bertz CT molecular complexity index is 1530. The summed E-state index contributed by atoms with van der Waals surface area (Å²) in [4.78, 5) is 28.4. The minimum absolute atomic E-state index is 0. The number of benzene rings is 2. The van der Waals surface area contributed by atoms with Gasteiger partial charge >= 0.3 is 0 Å². The molecule has 1 amide bonds. The number of H-pyrrole nitrogens is 2. The van der Waals surface area contributed by atoms with Crippen molar-refractivity contribution in [2.45, 2.75) is 58.3 Å². The third-order valence-electron chi connectivity index (χ3n) is 8.41. The fourth-order valence-corrected chi connectivity index (χ4v) is 5.92. The number of aromatic nitrogens is 4. The van der Waals surface area contributed by atoms with Gasteiger partial charge in [0, 0.05) is 43.5 Å². The molecule has 5 N–H and O–H groups in total. The van der Waals surface area contributed by atoms with E-state index in [1.807, 2.05) is 17.0 Å². The predicted molar refractivity (Wildman–Crippen MR) is 156 cm³/mol. The fraction of sp³-hybridized carbons (Fsp3) is 0.433. The van der Waals surface area contributed by atoms with E-state index in [4.69, 9.17) is 4.98 Å². The number of likely N-dealkylation sites (N-methyl/N-ethyl adjacent to an activating group) is 1. The number of imidazole rings is 1. The normalized spacial score (nSPS) is 17.8. The van der Waals surface area contributed by atoms with Gasteiger partial charge in [-0.2, -0.15) is 5.10 Å². The van der Waals surface area contributed by atoms with Crippen LogP contribution >= 0.6 is 0 Å². The Morgan fingerprint density at radius 3 is 2.65 bits per heavy atom. The number of phenols is 1. The number of hydrogen-bond acceptors (Lipinski definition) is 6. The van der Waals surface area contributed by atoms with Crippen molar-refractivity contribution >= 4 is 16.8 Å². The largest absolute Gasteiger partial charge is 0.508 e. The zero-order valence-corrected chi connectivity index (χ0v) is 23.8. The Balaban J connectivity index is 0.00000323. The summed E-state index contributed by atoms with van der Waals surface area (Å²) in [5.41, 5.74) is 6.99. The summed E-state index contributed by atoms with van der Waals surface area (Å²) in [5.74, 6) is 1.21. The molecule has 0 aliphatic carbocycles. The van der Waals surface area contributed by atoms with Gasteiger partial charge in [0.25, 0.3) is 0 Å². The predicted octanol–water partition coefficient (Wildman–Crippen LogP) is 2.97. The number of amides is 1. The van der Waals surface area contributed by atoms with Crippen LogP contribution in [0, 0.1) is 0 Å². The molecule has 2 aliphatic rings. The SMILES string of the molecule is CCc1cc(O)ccc1-c1ccc2c(-c3nc4c([nH]3)CN(C(C)C)C(C(=O)N3CC(N(C)C)C3)C4)n[nH]c2c1.O. The van der Waals surface area contributed by atoms with Crippen LogP contribution in [0.25, 0.3) is 33.5 Å². The van der Waals surface area contributed by atoms with Crippen molar-refractivity contribution in [1.82, 2.24) is 34.9 Å². The maximum Gasteiger partial charge on any atom is 0.240 e. The first-order chi connectivity index (χ1) is 18.7. The van der Waals surface area contributed by atoms with Crippen LogP contribution in [0.3, 0.4) is 0 Å². The van der Waals surface area contributed by atoms with Gasteiger partial charge in [0.05, 0.1) is 22.9 Å². The molecule has 6 rings (SSSR count). The molecule has 2 aromatic heterocycles. The third-order valence-corrected chi connectivity index (χ3v) is 8.41. The molecule has 1 fully saturated rings. The summed E-state index contributed by atoms with van der Waals surface area (Å²) in [6.07, 6.45) is 1.43. The molecule has 0 radical (unpaired) electrons. The summed E-state index contributed by atoms with van der Waals surface area (Å²) in [5, 5.41) is 18.7. The zero-order chi connectivity index (χ0) is 27.4. The van der Waals surface area contributed by atoms with E-state index < -0.39 is 0 Å². The number of aryl methyl sites for hydroxylation is 1. The first kappa shape index (κ1) is 27.8. The van der Waals surface area contributed by atoms with Crippen molar-refractivity contribution < 1.29 is 15.4 Å². The van der Waals surface area contributed by atoms with E-state index in [2.05, 4.69) is 78.0 Å². The second kappa shape index (κ2) is 10.7. The molecule has 0 saturated carbocycles. The van der Waals surface area contributed by atoms with Gasteiger partial charge in [-0.1, -0.05) is 19.1 Å². The minimum atomic E-state index is -0.201. The van der Waals surface area contributed by atoms with Crippen LogP contribution in [0.15, 0.2) is 36.4 Å². The Kier molecular flexibility index (Phi) is 7.43. The van der Waals surface area contributed by atoms with Crippen LogP contribution < -0.4 is 0 Å². The van der Waals surface area contributed by atoms with E-state index in [1.165, 1.54) is 0 Å². The molecule has 2 aromatic carbocycles. The van der Waals surface area contributed by atoms with Crippen LogP contribution in [0.1, 0.15) is 37.7 Å². The van der Waals surface area contributed by atoms with E-state index in [1.54, 1.807) is 6.07 Å². The van der Waals surface area contributed by atoms with Crippen molar-refractivity contribution in [2.75, 3.05) is 27.2 Å². The van der Waals surface area contributed by atoms with Crippen molar-refractivity contribution in [3.8, 4) is 28.4 Å². The highest BCUT2D eigenvalue weighted by atomic mass is 16.3. The van der Waals surface area contributed by atoms with E-state index in [0.29, 0.717) is 19.0 Å². The maximum atomic E-state index is 13.5. The van der Waals surface area contributed by atoms with Crippen LogP contribution in [-0.4, -0.2) is 96.7 Å². The summed E-state index contributed by atoms with van der Waals surface area (Å²) in [6.45, 7) is 8.63. The summed E-state index contributed by atoms with van der Waals surface area (Å²) >= 11 is 0. The number of fused-ring (bicyclic) bond motifs is 2. The van der Waals surface area contributed by atoms with E-state index in [0.717, 1.165) is 70.0 Å². The summed E-state index contributed by atoms with van der Waals surface area (Å²) in [6, 6.07) is 12.3. The number of hydrogen-bond donors (Lipinski definition) is 3. The highest BCUT2D eigenvalue weighted by molar-refractivity contribution is 5.94. The first-order valence-electron chi connectivity index (χ1n) is 13.8. The number of nitrogens with zero attached hydrogens (tertiary/aromatic N) is 5. The molecule has 212 valence electrons. The Hall–Kier alpha value is -3.73. The fourth-order valence-electron chi connectivity index (χ4n) is 5.92. The van der Waals surface area contributed by atoms with Gasteiger partial charge < -0.3 is 25.4 Å². The molecule has 2 aliphatic heterocycles. The minimum Gasteiger partial charge on any atom is -0.508 e. The quantitative estimate of drug-likeness (QED) is 0.341. The second-order valence-electron chi connectivity index (χ2n) is 11.4. The molecule has 1 unspecified atom stereocenters. The molecular weight excluding hydrogens is 506 g/mol. The average Bonchev–Trinajstić information content (AvgIpc) is 3.49. The van der Waals surface area contributed by atoms with Crippen molar-refractivity contribution in [1.29, 1.82) is 0 Å². The monoisotopic (exact) mass is 545 g/mol. The number of carbonyl (C=O) groups excluding carboxylic acids is 1. The molecule has 40 heavy (non-hydrogen) atoms. The van der Waals surface area contributed by atoms with Gasteiger partial charge in [-0.15, -0.1) is 0 Å². The summed E-state index contributed by atoms with van der Waals surface area (Å²) < 4.78 is 0. The number of rotatable bonds is 6. The molecule has 10 nitrogen and oxygen atoms in total. The zero-order valence-electron chi connectivity index (χ0n) is 23.8. The Morgan fingerprint density at radius 2 is 1.95 bits per heavy atom. The lowest BCUT2D eigenvalue weighted by Gasteiger charge is -2.46. The van der Waals surface area contributed by atoms with Gasteiger partial charge in [0.15, 0.2) is 5.82 Å². The highest BCUT2D eigenvalue weighted by Crippen LogP contribution is 2.34. The Labute approximate surface area is 234 Å². The number of phenolic OH excluding ortho intramolecular Hbond substituents is 1. The standard InChI is InChI=1S/C30H37N7O2.H2O/c1-6-18-11-21(38)8-10-22(18)19-7-9-23-24(12-19)33-34-28(23)29-31-25-13-27(37(17(2)3)16-26(25)32-29)30(39)36-14-20(15-36)35(4)5;/h7-12,17,20,27,38H,6,13-16H2,1-5H3,(H,31,32)(H,33,34);1H2. The van der Waals surface area contributed by atoms with Gasteiger partial charge in [0.2, 0.25) is 5.91 Å². The van der Waals surface area contributed by atoms with Gasteiger partial charge in [0.1, 0.15) is 11.4 Å². The molecule has 1 atom stereocenters. The third kappa shape index (κ3) is 4.76.